The lowest BCUT2D eigenvalue weighted by Gasteiger charge is -2.44. The van der Waals surface area contributed by atoms with Crippen LogP contribution in [0.15, 0.2) is 36.4 Å². The molecule has 1 aliphatic carbocycles. The van der Waals surface area contributed by atoms with E-state index in [9.17, 15) is 9.18 Å². The SMILES string of the molecule is CCOc1ccc(-c2ccc3c(c2)CCC(C)(C)C3NC(=O)O[C@H]2CN3CCC2CC3)cc1F. The summed E-state index contributed by atoms with van der Waals surface area (Å²) in [7, 11) is 0. The van der Waals surface area contributed by atoms with E-state index in [1.165, 1.54) is 11.6 Å². The first-order valence-corrected chi connectivity index (χ1v) is 12.6. The van der Waals surface area contributed by atoms with Crippen molar-refractivity contribution in [2.45, 2.75) is 58.6 Å². The van der Waals surface area contributed by atoms with E-state index in [1.807, 2.05) is 19.1 Å². The molecule has 3 saturated heterocycles. The molecule has 182 valence electrons. The minimum atomic E-state index is -0.353. The second kappa shape index (κ2) is 9.21. The molecule has 3 fully saturated rings. The molecule has 0 spiro atoms. The van der Waals surface area contributed by atoms with Crippen molar-refractivity contribution < 1.29 is 18.7 Å². The molecule has 2 atom stereocenters. The summed E-state index contributed by atoms with van der Waals surface area (Å²) in [5.41, 5.74) is 4.01. The van der Waals surface area contributed by atoms with Crippen LogP contribution >= 0.6 is 0 Å². The lowest BCUT2D eigenvalue weighted by molar-refractivity contribution is -0.0353. The van der Waals surface area contributed by atoms with Crippen LogP contribution < -0.4 is 10.1 Å². The summed E-state index contributed by atoms with van der Waals surface area (Å²) in [6.45, 7) is 9.77. The molecule has 1 amide bonds. The maximum Gasteiger partial charge on any atom is 0.407 e. The van der Waals surface area contributed by atoms with E-state index in [0.29, 0.717) is 12.5 Å². The Morgan fingerprint density at radius 3 is 2.56 bits per heavy atom. The van der Waals surface area contributed by atoms with Crippen molar-refractivity contribution in [3.05, 3.63) is 53.3 Å². The van der Waals surface area contributed by atoms with Gasteiger partial charge in [-0.1, -0.05) is 38.1 Å². The van der Waals surface area contributed by atoms with Crippen LogP contribution in [0.3, 0.4) is 0 Å². The van der Waals surface area contributed by atoms with Crippen LogP contribution in [0.1, 0.15) is 57.2 Å². The van der Waals surface area contributed by atoms with E-state index in [-0.39, 0.29) is 35.2 Å². The average molecular weight is 467 g/mol. The van der Waals surface area contributed by atoms with Crippen molar-refractivity contribution in [3.63, 3.8) is 0 Å². The molecule has 0 aromatic heterocycles. The summed E-state index contributed by atoms with van der Waals surface area (Å²) in [4.78, 5) is 15.4. The number of rotatable bonds is 5. The third kappa shape index (κ3) is 4.52. The Hall–Kier alpha value is -2.60. The Balaban J connectivity index is 1.34. The Morgan fingerprint density at radius 1 is 1.15 bits per heavy atom. The predicted octanol–water partition coefficient (Wildman–Crippen LogP) is 5.73. The summed E-state index contributed by atoms with van der Waals surface area (Å²) < 4.78 is 25.7. The van der Waals surface area contributed by atoms with Gasteiger partial charge >= 0.3 is 6.09 Å². The van der Waals surface area contributed by atoms with Gasteiger partial charge < -0.3 is 14.8 Å². The van der Waals surface area contributed by atoms with Crippen molar-refractivity contribution in [3.8, 4) is 16.9 Å². The highest BCUT2D eigenvalue weighted by Crippen LogP contribution is 2.44. The molecule has 6 rings (SSSR count). The van der Waals surface area contributed by atoms with Crippen molar-refractivity contribution >= 4 is 6.09 Å². The predicted molar refractivity (Wildman–Crippen MR) is 130 cm³/mol. The van der Waals surface area contributed by atoms with Gasteiger partial charge in [-0.25, -0.2) is 9.18 Å². The van der Waals surface area contributed by atoms with Crippen molar-refractivity contribution in [1.82, 2.24) is 10.2 Å². The monoisotopic (exact) mass is 466 g/mol. The molecule has 2 bridgehead atoms. The van der Waals surface area contributed by atoms with Gasteiger partial charge in [0.05, 0.1) is 12.6 Å². The van der Waals surface area contributed by atoms with Crippen molar-refractivity contribution in [2.24, 2.45) is 11.3 Å². The second-order valence-electron chi connectivity index (χ2n) is 10.6. The topological polar surface area (TPSA) is 50.8 Å². The minimum Gasteiger partial charge on any atom is -0.491 e. The first-order valence-electron chi connectivity index (χ1n) is 12.6. The number of alkyl carbamates (subject to hydrolysis) is 1. The fourth-order valence-electron chi connectivity index (χ4n) is 5.87. The minimum absolute atomic E-state index is 0.00870. The first-order chi connectivity index (χ1) is 16.3. The number of fused-ring (bicyclic) bond motifs is 4. The number of nitrogens with one attached hydrogen (secondary N) is 1. The number of halogens is 1. The molecule has 2 aromatic rings. The zero-order chi connectivity index (χ0) is 23.9. The number of aryl methyl sites for hydroxylation is 1. The molecule has 0 saturated carbocycles. The molecule has 2 aromatic carbocycles. The molecular weight excluding hydrogens is 431 g/mol. The number of hydrogen-bond acceptors (Lipinski definition) is 4. The molecular formula is C28H35FN2O3. The molecule has 5 nitrogen and oxygen atoms in total. The lowest BCUT2D eigenvalue weighted by atomic mass is 9.70. The van der Waals surface area contributed by atoms with E-state index in [0.717, 1.165) is 62.0 Å². The number of piperidine rings is 3. The molecule has 34 heavy (non-hydrogen) atoms. The Bertz CT molecular complexity index is 1060. The summed E-state index contributed by atoms with van der Waals surface area (Å²) in [5, 5.41) is 3.21. The third-order valence-corrected chi connectivity index (χ3v) is 7.96. The molecule has 6 heteroatoms. The highest BCUT2D eigenvalue weighted by molar-refractivity contribution is 5.70. The standard InChI is InChI=1S/C28H35FN2O3/c1-4-33-24-8-6-20(16-23(24)29)19-5-7-22-21(15-19)9-12-28(2,3)26(22)30-27(32)34-25-17-31-13-10-18(25)11-14-31/h5-8,15-16,18,25-26H,4,9-14,17H2,1-3H3,(H,30,32)/t25-,26?/m0/s1. The smallest absolute Gasteiger partial charge is 0.407 e. The summed E-state index contributed by atoms with van der Waals surface area (Å²) >= 11 is 0. The van der Waals surface area contributed by atoms with E-state index in [4.69, 9.17) is 9.47 Å². The third-order valence-electron chi connectivity index (χ3n) is 7.96. The van der Waals surface area contributed by atoms with Gasteiger partial charge in [0.25, 0.3) is 0 Å². The van der Waals surface area contributed by atoms with Gasteiger partial charge in [-0.15, -0.1) is 0 Å². The van der Waals surface area contributed by atoms with Crippen LogP contribution in [0.5, 0.6) is 5.75 Å². The molecule has 1 N–H and O–H groups in total. The number of benzene rings is 2. The van der Waals surface area contributed by atoms with E-state index in [1.54, 1.807) is 6.07 Å². The molecule has 4 aliphatic rings. The Morgan fingerprint density at radius 2 is 1.88 bits per heavy atom. The number of nitrogens with zero attached hydrogens (tertiary/aromatic N) is 1. The van der Waals surface area contributed by atoms with Gasteiger partial charge in [-0.3, -0.25) is 4.90 Å². The van der Waals surface area contributed by atoms with Gasteiger partial charge in [0.2, 0.25) is 0 Å². The van der Waals surface area contributed by atoms with Gasteiger partial charge in [0.15, 0.2) is 11.6 Å². The molecule has 1 unspecified atom stereocenters. The van der Waals surface area contributed by atoms with Crippen LogP contribution in [-0.4, -0.2) is 43.3 Å². The van der Waals surface area contributed by atoms with Crippen molar-refractivity contribution in [2.75, 3.05) is 26.2 Å². The normalized spacial score (nSPS) is 27.1. The number of carbonyl (C=O) groups is 1. The molecule has 3 aliphatic heterocycles. The lowest BCUT2D eigenvalue weighted by Crippen LogP contribution is -2.53. The maximum atomic E-state index is 14.4. The quantitative estimate of drug-likeness (QED) is 0.612. The van der Waals surface area contributed by atoms with E-state index >= 15 is 0 Å². The van der Waals surface area contributed by atoms with Crippen LogP contribution in [0.4, 0.5) is 9.18 Å². The number of carbonyl (C=O) groups excluding carboxylic acids is 1. The number of hydrogen-bond donors (Lipinski definition) is 1. The Labute approximate surface area is 201 Å². The van der Waals surface area contributed by atoms with E-state index in [2.05, 4.69) is 36.2 Å². The van der Waals surface area contributed by atoms with E-state index < -0.39 is 0 Å². The summed E-state index contributed by atoms with van der Waals surface area (Å²) in [6, 6.07) is 11.2. The summed E-state index contributed by atoms with van der Waals surface area (Å²) in [6.07, 6.45) is 3.77. The Kier molecular flexibility index (Phi) is 6.28. The van der Waals surface area contributed by atoms with Gasteiger partial charge in [0.1, 0.15) is 6.10 Å². The average Bonchev–Trinajstić information content (AvgIpc) is 2.83. The van der Waals surface area contributed by atoms with Gasteiger partial charge in [-0.2, -0.15) is 0 Å². The van der Waals surface area contributed by atoms with Crippen molar-refractivity contribution in [1.29, 1.82) is 0 Å². The van der Waals surface area contributed by atoms with Crippen LogP contribution in [-0.2, 0) is 11.2 Å². The van der Waals surface area contributed by atoms with Crippen LogP contribution in [0.25, 0.3) is 11.1 Å². The van der Waals surface area contributed by atoms with Gasteiger partial charge in [-0.05, 0) is 91.4 Å². The molecule has 0 radical (unpaired) electrons. The largest absolute Gasteiger partial charge is 0.491 e. The fraction of sp³-hybridized carbons (Fsp3) is 0.536. The zero-order valence-electron chi connectivity index (χ0n) is 20.4. The number of ether oxygens (including phenoxy) is 2. The summed E-state index contributed by atoms with van der Waals surface area (Å²) in [5.74, 6) is 0.407. The van der Waals surface area contributed by atoms with Crippen LogP contribution in [0, 0.1) is 17.2 Å². The highest BCUT2D eigenvalue weighted by atomic mass is 19.1. The first kappa shape index (κ1) is 23.2. The molecule has 3 heterocycles. The zero-order valence-corrected chi connectivity index (χ0v) is 20.4. The van der Waals surface area contributed by atoms with Gasteiger partial charge in [0, 0.05) is 6.54 Å². The second-order valence-corrected chi connectivity index (χ2v) is 10.6. The fourth-order valence-corrected chi connectivity index (χ4v) is 5.87. The highest BCUT2D eigenvalue weighted by Gasteiger charge is 2.40. The van der Waals surface area contributed by atoms with Crippen LogP contribution in [0.2, 0.25) is 0 Å². The maximum absolute atomic E-state index is 14.4. The number of amides is 1.